The predicted molar refractivity (Wildman–Crippen MR) is 71.4 cm³/mol. The fraction of sp³-hybridized carbons (Fsp3) is 1.00. The Kier molecular flexibility index (Phi) is 5.77. The van der Waals surface area contributed by atoms with Gasteiger partial charge in [-0.05, 0) is 30.6 Å². The molecular formula is C14H30N2. The van der Waals surface area contributed by atoms with Gasteiger partial charge >= 0.3 is 0 Å². The molecule has 1 fully saturated rings. The molecule has 0 amide bonds. The molecule has 1 rings (SSSR count). The summed E-state index contributed by atoms with van der Waals surface area (Å²) < 4.78 is 0. The fourth-order valence-corrected chi connectivity index (χ4v) is 2.75. The van der Waals surface area contributed by atoms with E-state index >= 15 is 0 Å². The first kappa shape index (κ1) is 14.0. The minimum absolute atomic E-state index is 0.638. The number of nitrogens with zero attached hydrogens (tertiary/aromatic N) is 1. The summed E-state index contributed by atoms with van der Waals surface area (Å²) in [7, 11) is 0. The van der Waals surface area contributed by atoms with Crippen LogP contribution in [-0.2, 0) is 0 Å². The quantitative estimate of drug-likeness (QED) is 0.723. The molecule has 96 valence electrons. The summed E-state index contributed by atoms with van der Waals surface area (Å²) in [6, 6.07) is 0.638. The molecule has 0 aromatic carbocycles. The van der Waals surface area contributed by atoms with E-state index in [1.165, 1.54) is 32.4 Å². The second-order valence-electron chi connectivity index (χ2n) is 6.24. The molecule has 0 aliphatic heterocycles. The average Bonchev–Trinajstić information content (AvgIpc) is 2.07. The van der Waals surface area contributed by atoms with Gasteiger partial charge in [0, 0.05) is 25.7 Å². The second kappa shape index (κ2) is 6.61. The monoisotopic (exact) mass is 226 g/mol. The molecule has 1 aliphatic carbocycles. The van der Waals surface area contributed by atoms with Gasteiger partial charge in [-0.15, -0.1) is 0 Å². The van der Waals surface area contributed by atoms with E-state index in [4.69, 9.17) is 5.73 Å². The molecule has 0 aromatic heterocycles. The molecule has 0 spiro atoms. The van der Waals surface area contributed by atoms with E-state index in [9.17, 15) is 0 Å². The highest BCUT2D eigenvalue weighted by atomic mass is 15.2. The van der Waals surface area contributed by atoms with Crippen molar-refractivity contribution in [2.24, 2.45) is 23.5 Å². The molecule has 1 unspecified atom stereocenters. The highest BCUT2D eigenvalue weighted by molar-refractivity contribution is 4.86. The number of hydrogen-bond acceptors (Lipinski definition) is 2. The van der Waals surface area contributed by atoms with Crippen LogP contribution in [0.5, 0.6) is 0 Å². The van der Waals surface area contributed by atoms with Crippen LogP contribution in [-0.4, -0.2) is 30.6 Å². The molecule has 1 saturated carbocycles. The van der Waals surface area contributed by atoms with Crippen LogP contribution in [0.1, 0.15) is 47.0 Å². The molecule has 1 atom stereocenters. The highest BCUT2D eigenvalue weighted by Gasteiger charge is 2.31. The Balaban J connectivity index is 2.55. The zero-order chi connectivity index (χ0) is 12.1. The van der Waals surface area contributed by atoms with E-state index in [1.807, 2.05) is 0 Å². The van der Waals surface area contributed by atoms with Crippen molar-refractivity contribution >= 4 is 0 Å². The van der Waals surface area contributed by atoms with Crippen molar-refractivity contribution in [1.82, 2.24) is 4.90 Å². The van der Waals surface area contributed by atoms with Gasteiger partial charge in [0.15, 0.2) is 0 Å². The Morgan fingerprint density at radius 3 is 1.81 bits per heavy atom. The van der Waals surface area contributed by atoms with E-state index in [0.717, 1.165) is 24.3 Å². The van der Waals surface area contributed by atoms with Crippen molar-refractivity contribution in [3.8, 4) is 0 Å². The van der Waals surface area contributed by atoms with Gasteiger partial charge < -0.3 is 5.73 Å². The van der Waals surface area contributed by atoms with E-state index in [2.05, 4.69) is 32.6 Å². The van der Waals surface area contributed by atoms with Crippen molar-refractivity contribution in [2.75, 3.05) is 19.6 Å². The smallest absolute Gasteiger partial charge is 0.0246 e. The highest BCUT2D eigenvalue weighted by Crippen LogP contribution is 2.32. The lowest BCUT2D eigenvalue weighted by Crippen LogP contribution is -2.50. The molecule has 16 heavy (non-hydrogen) atoms. The molecule has 0 aromatic rings. The fourth-order valence-electron chi connectivity index (χ4n) is 2.75. The van der Waals surface area contributed by atoms with Crippen molar-refractivity contribution in [3.63, 3.8) is 0 Å². The van der Waals surface area contributed by atoms with Gasteiger partial charge in [0.1, 0.15) is 0 Å². The number of nitrogens with two attached hydrogens (primary N) is 1. The Labute approximate surface area is 102 Å². The van der Waals surface area contributed by atoms with Crippen molar-refractivity contribution in [3.05, 3.63) is 0 Å². The average molecular weight is 226 g/mol. The lowest BCUT2D eigenvalue weighted by atomic mass is 9.78. The number of hydrogen-bond donors (Lipinski definition) is 1. The summed E-state index contributed by atoms with van der Waals surface area (Å²) in [4.78, 5) is 2.65. The zero-order valence-corrected chi connectivity index (χ0v) is 11.6. The Morgan fingerprint density at radius 1 is 1.06 bits per heavy atom. The Bertz CT molecular complexity index is 175. The van der Waals surface area contributed by atoms with Crippen LogP contribution in [0.4, 0.5) is 0 Å². The first-order chi connectivity index (χ1) is 7.54. The first-order valence-electron chi connectivity index (χ1n) is 6.98. The summed E-state index contributed by atoms with van der Waals surface area (Å²) in [6.45, 7) is 12.5. The second-order valence-corrected chi connectivity index (χ2v) is 6.24. The van der Waals surface area contributed by atoms with Crippen molar-refractivity contribution in [1.29, 1.82) is 0 Å². The van der Waals surface area contributed by atoms with Crippen LogP contribution in [0.3, 0.4) is 0 Å². The van der Waals surface area contributed by atoms with E-state index < -0.39 is 0 Å². The maximum absolute atomic E-state index is 5.99. The van der Waals surface area contributed by atoms with Gasteiger partial charge in [-0.1, -0.05) is 34.1 Å². The van der Waals surface area contributed by atoms with E-state index in [-0.39, 0.29) is 0 Å². The van der Waals surface area contributed by atoms with Gasteiger partial charge in [-0.3, -0.25) is 4.90 Å². The molecule has 0 heterocycles. The molecule has 2 N–H and O–H groups in total. The third kappa shape index (κ3) is 4.06. The SMILES string of the molecule is CC(C)CN(CC(C)C)C(CN)C1CCC1. The lowest BCUT2D eigenvalue weighted by Gasteiger charge is -2.42. The van der Waals surface area contributed by atoms with E-state index in [0.29, 0.717) is 6.04 Å². The lowest BCUT2D eigenvalue weighted by molar-refractivity contribution is 0.0795. The zero-order valence-electron chi connectivity index (χ0n) is 11.6. The predicted octanol–water partition coefficient (Wildman–Crippen LogP) is 2.73. The largest absolute Gasteiger partial charge is 0.329 e. The molecular weight excluding hydrogens is 196 g/mol. The van der Waals surface area contributed by atoms with Gasteiger partial charge in [0.2, 0.25) is 0 Å². The normalized spacial score (nSPS) is 19.5. The minimum atomic E-state index is 0.638. The van der Waals surface area contributed by atoms with Crippen molar-refractivity contribution < 1.29 is 0 Å². The van der Waals surface area contributed by atoms with Crippen LogP contribution in [0, 0.1) is 17.8 Å². The summed E-state index contributed by atoms with van der Waals surface area (Å²) in [5.41, 5.74) is 5.99. The van der Waals surface area contributed by atoms with Gasteiger partial charge in [0.25, 0.3) is 0 Å². The Hall–Kier alpha value is -0.0800. The van der Waals surface area contributed by atoms with Crippen LogP contribution in [0.15, 0.2) is 0 Å². The maximum atomic E-state index is 5.99. The van der Waals surface area contributed by atoms with Gasteiger partial charge in [-0.25, -0.2) is 0 Å². The number of rotatable bonds is 7. The summed E-state index contributed by atoms with van der Waals surface area (Å²) in [6.07, 6.45) is 4.21. The topological polar surface area (TPSA) is 29.3 Å². The summed E-state index contributed by atoms with van der Waals surface area (Å²) >= 11 is 0. The summed E-state index contributed by atoms with van der Waals surface area (Å²) in [5, 5.41) is 0. The standard InChI is InChI=1S/C14H30N2/c1-11(2)9-16(10-12(3)4)14(8-15)13-6-5-7-13/h11-14H,5-10,15H2,1-4H3. The molecule has 1 aliphatic rings. The molecule has 0 saturated heterocycles. The third-order valence-corrected chi connectivity index (χ3v) is 3.60. The van der Waals surface area contributed by atoms with Gasteiger partial charge in [-0.2, -0.15) is 0 Å². The van der Waals surface area contributed by atoms with Crippen LogP contribution in [0.2, 0.25) is 0 Å². The molecule has 2 heteroatoms. The Morgan fingerprint density at radius 2 is 1.56 bits per heavy atom. The first-order valence-corrected chi connectivity index (χ1v) is 6.98. The van der Waals surface area contributed by atoms with Crippen molar-refractivity contribution in [2.45, 2.75) is 53.0 Å². The van der Waals surface area contributed by atoms with Crippen LogP contribution in [0.25, 0.3) is 0 Å². The van der Waals surface area contributed by atoms with Gasteiger partial charge in [0.05, 0.1) is 0 Å². The van der Waals surface area contributed by atoms with Crippen LogP contribution >= 0.6 is 0 Å². The summed E-state index contributed by atoms with van der Waals surface area (Å²) in [5.74, 6) is 2.36. The van der Waals surface area contributed by atoms with Crippen LogP contribution < -0.4 is 5.73 Å². The molecule has 0 bridgehead atoms. The van der Waals surface area contributed by atoms with E-state index in [1.54, 1.807) is 0 Å². The third-order valence-electron chi connectivity index (χ3n) is 3.60. The maximum Gasteiger partial charge on any atom is 0.0246 e. The molecule has 2 nitrogen and oxygen atoms in total. The molecule has 0 radical (unpaired) electrons. The minimum Gasteiger partial charge on any atom is -0.329 e.